The van der Waals surface area contributed by atoms with Gasteiger partial charge in [-0.1, -0.05) is 39.3 Å². The second kappa shape index (κ2) is 12.2. The van der Waals surface area contributed by atoms with E-state index >= 15 is 0 Å². The molecule has 184 valence electrons. The van der Waals surface area contributed by atoms with Gasteiger partial charge in [-0.2, -0.15) is 8.78 Å². The number of carbonyl (C=O) groups is 2. The average molecular weight is 492 g/mol. The molecule has 1 N–H and O–H groups in total. The molecule has 0 aromatic heterocycles. The summed E-state index contributed by atoms with van der Waals surface area (Å²) in [5, 5.41) is 2.74. The summed E-state index contributed by atoms with van der Waals surface area (Å²) in [5.74, 6) is 0.855. The lowest BCUT2D eigenvalue weighted by atomic mass is 9.75. The third-order valence-corrected chi connectivity index (χ3v) is 7.11. The van der Waals surface area contributed by atoms with Gasteiger partial charge in [-0.3, -0.25) is 9.59 Å². The predicted octanol–water partition coefficient (Wildman–Crippen LogP) is 6.64. The third-order valence-electron chi connectivity index (χ3n) is 6.06. The van der Waals surface area contributed by atoms with E-state index in [9.17, 15) is 18.4 Å². The van der Waals surface area contributed by atoms with Gasteiger partial charge in [0, 0.05) is 10.6 Å². The van der Waals surface area contributed by atoms with Crippen molar-refractivity contribution in [3.05, 3.63) is 54.1 Å². The molecule has 1 saturated carbocycles. The van der Waals surface area contributed by atoms with E-state index in [4.69, 9.17) is 4.74 Å². The van der Waals surface area contributed by atoms with E-state index in [1.807, 2.05) is 0 Å². The largest absolute Gasteiger partial charge is 0.461 e. The van der Waals surface area contributed by atoms with Gasteiger partial charge in [0.25, 0.3) is 5.91 Å². The molecule has 0 aliphatic heterocycles. The zero-order valence-corrected chi connectivity index (χ0v) is 20.4. The summed E-state index contributed by atoms with van der Waals surface area (Å²) in [6.45, 7) is 3.63. The monoisotopic (exact) mass is 491 g/mol. The van der Waals surface area contributed by atoms with Crippen LogP contribution in [-0.4, -0.2) is 30.3 Å². The fourth-order valence-electron chi connectivity index (χ4n) is 4.29. The van der Waals surface area contributed by atoms with Gasteiger partial charge < -0.3 is 14.8 Å². The van der Waals surface area contributed by atoms with E-state index in [1.165, 1.54) is 36.0 Å². The molecule has 0 radical (unpaired) electrons. The van der Waals surface area contributed by atoms with Crippen LogP contribution in [0.5, 0.6) is 5.75 Å². The Balaban J connectivity index is 1.59. The summed E-state index contributed by atoms with van der Waals surface area (Å²) in [6, 6.07) is 12.7. The first-order valence-corrected chi connectivity index (χ1v) is 12.5. The summed E-state index contributed by atoms with van der Waals surface area (Å²) in [7, 11) is 0. The van der Waals surface area contributed by atoms with E-state index in [1.54, 1.807) is 24.3 Å². The highest BCUT2D eigenvalue weighted by Crippen LogP contribution is 2.35. The Morgan fingerprint density at radius 2 is 1.79 bits per heavy atom. The fraction of sp³-hybridized carbons (Fsp3) is 0.462. The summed E-state index contributed by atoms with van der Waals surface area (Å²) < 4.78 is 34.8. The molecule has 2 aromatic rings. The standard InChI is InChI=1S/C26H31F2NO4S/c1-16(2)20-13-8-17(3)14-22(20)33-24(30)15-34-23-7-5-4-6-21(23)25(31)29-18-9-11-19(12-10-18)32-26(27)28/h4-7,9-12,16-17,20,22,26H,8,13-15H2,1-3H3,(H,29,31)/t17-,20+,22-/m0/s1. The van der Waals surface area contributed by atoms with Gasteiger partial charge in [-0.25, -0.2) is 0 Å². The van der Waals surface area contributed by atoms with E-state index < -0.39 is 6.61 Å². The van der Waals surface area contributed by atoms with Crippen molar-refractivity contribution in [1.29, 1.82) is 0 Å². The van der Waals surface area contributed by atoms with Gasteiger partial charge in [0.1, 0.15) is 11.9 Å². The minimum Gasteiger partial charge on any atom is -0.461 e. The number of anilines is 1. The molecule has 3 rings (SSSR count). The van der Waals surface area contributed by atoms with E-state index in [0.717, 1.165) is 19.3 Å². The van der Waals surface area contributed by atoms with Gasteiger partial charge in [-0.05, 0) is 67.0 Å². The molecule has 0 heterocycles. The SMILES string of the molecule is CC(C)[C@H]1CC[C@H](C)C[C@@H]1OC(=O)CSc1ccccc1C(=O)Nc1ccc(OC(F)F)cc1. The summed E-state index contributed by atoms with van der Waals surface area (Å²) in [4.78, 5) is 26.1. The second-order valence-electron chi connectivity index (χ2n) is 9.00. The van der Waals surface area contributed by atoms with Gasteiger partial charge in [0.2, 0.25) is 0 Å². The third kappa shape index (κ3) is 7.45. The van der Waals surface area contributed by atoms with Crippen LogP contribution in [0.3, 0.4) is 0 Å². The Morgan fingerprint density at radius 1 is 1.09 bits per heavy atom. The minimum absolute atomic E-state index is 0.00883. The van der Waals surface area contributed by atoms with Gasteiger partial charge >= 0.3 is 12.6 Å². The molecule has 5 nitrogen and oxygen atoms in total. The van der Waals surface area contributed by atoms with Crippen molar-refractivity contribution in [3.8, 4) is 5.75 Å². The van der Waals surface area contributed by atoms with Crippen LogP contribution in [0.25, 0.3) is 0 Å². The van der Waals surface area contributed by atoms with E-state index in [-0.39, 0.29) is 29.5 Å². The van der Waals surface area contributed by atoms with Crippen molar-refractivity contribution in [2.75, 3.05) is 11.1 Å². The van der Waals surface area contributed by atoms with Crippen molar-refractivity contribution in [2.45, 2.75) is 57.6 Å². The molecule has 0 bridgehead atoms. The van der Waals surface area contributed by atoms with Crippen molar-refractivity contribution in [2.24, 2.45) is 17.8 Å². The Morgan fingerprint density at radius 3 is 2.47 bits per heavy atom. The maximum absolute atomic E-state index is 12.8. The van der Waals surface area contributed by atoms with E-state index in [2.05, 4.69) is 30.8 Å². The number of nitrogens with one attached hydrogen (secondary N) is 1. The molecule has 0 spiro atoms. The zero-order valence-electron chi connectivity index (χ0n) is 19.6. The average Bonchev–Trinajstić information content (AvgIpc) is 2.78. The molecule has 2 aromatic carbocycles. The summed E-state index contributed by atoms with van der Waals surface area (Å²) in [6.07, 6.45) is 3.06. The Kier molecular flexibility index (Phi) is 9.33. The van der Waals surface area contributed by atoms with Crippen LogP contribution < -0.4 is 10.1 Å². The van der Waals surface area contributed by atoms with Gasteiger partial charge in [0.05, 0.1) is 11.3 Å². The lowest BCUT2D eigenvalue weighted by molar-refractivity contribution is -0.152. The second-order valence-corrected chi connectivity index (χ2v) is 10.0. The smallest absolute Gasteiger partial charge is 0.387 e. The van der Waals surface area contributed by atoms with E-state index in [0.29, 0.717) is 33.9 Å². The topological polar surface area (TPSA) is 64.6 Å². The number of esters is 1. The highest BCUT2D eigenvalue weighted by molar-refractivity contribution is 8.00. The quantitative estimate of drug-likeness (QED) is 0.315. The Labute approximate surface area is 203 Å². The molecule has 1 aliphatic rings. The number of hydrogen-bond donors (Lipinski definition) is 1. The molecule has 1 aliphatic carbocycles. The zero-order chi connectivity index (χ0) is 24.7. The van der Waals surface area contributed by atoms with Gasteiger partial charge in [0.15, 0.2) is 0 Å². The molecule has 8 heteroatoms. The van der Waals surface area contributed by atoms with Crippen LogP contribution in [0.15, 0.2) is 53.4 Å². The van der Waals surface area contributed by atoms with Crippen LogP contribution in [0.4, 0.5) is 14.5 Å². The number of amides is 1. The molecule has 1 fully saturated rings. The van der Waals surface area contributed by atoms with Crippen molar-refractivity contribution >= 4 is 29.3 Å². The highest BCUT2D eigenvalue weighted by atomic mass is 32.2. The summed E-state index contributed by atoms with van der Waals surface area (Å²) >= 11 is 1.26. The number of alkyl halides is 2. The number of benzene rings is 2. The normalized spacial score (nSPS) is 20.3. The number of halogens is 2. The lowest BCUT2D eigenvalue weighted by Crippen LogP contribution is -2.36. The van der Waals surface area contributed by atoms with Gasteiger partial charge in [-0.15, -0.1) is 11.8 Å². The number of hydrogen-bond acceptors (Lipinski definition) is 5. The molecular formula is C26H31F2NO4S. The summed E-state index contributed by atoms with van der Waals surface area (Å²) in [5.41, 5.74) is 0.858. The van der Waals surface area contributed by atoms with Crippen LogP contribution in [-0.2, 0) is 9.53 Å². The molecule has 0 unspecified atom stereocenters. The van der Waals surface area contributed by atoms with Crippen LogP contribution >= 0.6 is 11.8 Å². The Bertz CT molecular complexity index is 968. The first-order valence-electron chi connectivity index (χ1n) is 11.5. The molecule has 0 saturated heterocycles. The van der Waals surface area contributed by atoms with Crippen LogP contribution in [0, 0.1) is 17.8 Å². The first-order chi connectivity index (χ1) is 16.2. The minimum atomic E-state index is -2.91. The molecule has 34 heavy (non-hydrogen) atoms. The number of rotatable bonds is 9. The molecule has 3 atom stereocenters. The van der Waals surface area contributed by atoms with Crippen molar-refractivity contribution < 1.29 is 27.8 Å². The van der Waals surface area contributed by atoms with Crippen molar-refractivity contribution in [3.63, 3.8) is 0 Å². The predicted molar refractivity (Wildman–Crippen MR) is 129 cm³/mol. The molecular weight excluding hydrogens is 460 g/mol. The highest BCUT2D eigenvalue weighted by Gasteiger charge is 2.33. The van der Waals surface area contributed by atoms with Crippen LogP contribution in [0.2, 0.25) is 0 Å². The van der Waals surface area contributed by atoms with Crippen molar-refractivity contribution in [1.82, 2.24) is 0 Å². The maximum atomic E-state index is 12.8. The Hall–Kier alpha value is -2.61. The number of carbonyl (C=O) groups excluding carboxylic acids is 2. The number of thioether (sulfide) groups is 1. The maximum Gasteiger partial charge on any atom is 0.387 e. The fourth-order valence-corrected chi connectivity index (χ4v) is 5.12. The lowest BCUT2D eigenvalue weighted by Gasteiger charge is -2.36. The van der Waals surface area contributed by atoms with Crippen LogP contribution in [0.1, 0.15) is 50.4 Å². The molecule has 1 amide bonds. The first kappa shape index (κ1) is 26.0. The number of ether oxygens (including phenoxy) is 2.